The minimum absolute atomic E-state index is 0.196. The van der Waals surface area contributed by atoms with Crippen molar-refractivity contribution in [3.63, 3.8) is 0 Å². The van der Waals surface area contributed by atoms with E-state index in [-0.39, 0.29) is 4.90 Å². The molecule has 0 atom stereocenters. The number of sulfonamides is 1. The van der Waals surface area contributed by atoms with Crippen LogP contribution < -0.4 is 4.83 Å². The lowest BCUT2D eigenvalue weighted by Gasteiger charge is -2.03. The first-order valence-electron chi connectivity index (χ1n) is 5.72. The number of nitrogens with zero attached hydrogens (tertiary/aromatic N) is 2. The van der Waals surface area contributed by atoms with Crippen molar-refractivity contribution >= 4 is 16.2 Å². The molecule has 2 aromatic rings. The molecule has 0 aliphatic heterocycles. The van der Waals surface area contributed by atoms with E-state index in [2.05, 4.69) is 9.93 Å². The Morgan fingerprint density at radius 3 is 2.47 bits per heavy atom. The SMILES string of the molecule is Cc1ccc(S(=O)(=O)N/N=C\c2cccn2C)cc1. The lowest BCUT2D eigenvalue weighted by atomic mass is 10.2. The zero-order chi connectivity index (χ0) is 13.9. The van der Waals surface area contributed by atoms with E-state index < -0.39 is 10.0 Å². The molecule has 0 fully saturated rings. The molecular formula is C13H15N3O2S. The molecule has 6 heteroatoms. The standard InChI is InChI=1S/C13H15N3O2S/c1-11-5-7-13(8-6-11)19(17,18)15-14-10-12-4-3-9-16(12)2/h3-10,15H,1-2H3/b14-10-. The molecule has 0 aliphatic carbocycles. The van der Waals surface area contributed by atoms with Gasteiger partial charge in [0.05, 0.1) is 16.8 Å². The Morgan fingerprint density at radius 1 is 1.21 bits per heavy atom. The Morgan fingerprint density at radius 2 is 1.89 bits per heavy atom. The van der Waals surface area contributed by atoms with Gasteiger partial charge in [-0.1, -0.05) is 17.7 Å². The van der Waals surface area contributed by atoms with Crippen LogP contribution in [-0.4, -0.2) is 19.2 Å². The van der Waals surface area contributed by atoms with Crippen molar-refractivity contribution in [3.8, 4) is 0 Å². The third-order valence-electron chi connectivity index (χ3n) is 2.68. The summed E-state index contributed by atoms with van der Waals surface area (Å²) < 4.78 is 25.7. The molecule has 1 aromatic heterocycles. The predicted octanol–water partition coefficient (Wildman–Crippen LogP) is 1.65. The van der Waals surface area contributed by atoms with E-state index in [1.54, 1.807) is 24.3 Å². The zero-order valence-electron chi connectivity index (χ0n) is 10.7. The van der Waals surface area contributed by atoms with Crippen molar-refractivity contribution in [2.24, 2.45) is 12.1 Å². The fourth-order valence-corrected chi connectivity index (χ4v) is 2.33. The van der Waals surface area contributed by atoms with E-state index in [1.807, 2.05) is 36.9 Å². The average molecular weight is 277 g/mol. The molecule has 0 aliphatic rings. The molecule has 1 N–H and O–H groups in total. The van der Waals surface area contributed by atoms with Crippen LogP contribution in [0.15, 0.2) is 52.6 Å². The molecule has 0 saturated carbocycles. The van der Waals surface area contributed by atoms with E-state index in [4.69, 9.17) is 0 Å². The van der Waals surface area contributed by atoms with Gasteiger partial charge in [0.1, 0.15) is 0 Å². The Kier molecular flexibility index (Phi) is 3.71. The fourth-order valence-electron chi connectivity index (χ4n) is 1.54. The maximum atomic E-state index is 11.9. The van der Waals surface area contributed by atoms with Crippen LogP contribution in [0.5, 0.6) is 0 Å². The number of rotatable bonds is 4. The van der Waals surface area contributed by atoms with Crippen molar-refractivity contribution in [2.45, 2.75) is 11.8 Å². The number of benzene rings is 1. The van der Waals surface area contributed by atoms with Gasteiger partial charge >= 0.3 is 0 Å². The van der Waals surface area contributed by atoms with Gasteiger partial charge in [-0.2, -0.15) is 13.5 Å². The van der Waals surface area contributed by atoms with Crippen molar-refractivity contribution in [1.29, 1.82) is 0 Å². The molecule has 0 spiro atoms. The highest BCUT2D eigenvalue weighted by molar-refractivity contribution is 7.89. The number of nitrogens with one attached hydrogen (secondary N) is 1. The second-order valence-electron chi connectivity index (χ2n) is 4.21. The Bertz CT molecular complexity index is 685. The summed E-state index contributed by atoms with van der Waals surface area (Å²) >= 11 is 0. The highest BCUT2D eigenvalue weighted by Gasteiger charge is 2.11. The highest BCUT2D eigenvalue weighted by Crippen LogP contribution is 2.09. The van der Waals surface area contributed by atoms with Crippen molar-refractivity contribution < 1.29 is 8.42 Å². The molecule has 0 radical (unpaired) electrons. The van der Waals surface area contributed by atoms with Crippen molar-refractivity contribution in [3.05, 3.63) is 53.9 Å². The Balaban J connectivity index is 2.12. The second-order valence-corrected chi connectivity index (χ2v) is 5.87. The van der Waals surface area contributed by atoms with Gasteiger partial charge in [0.2, 0.25) is 0 Å². The summed E-state index contributed by atoms with van der Waals surface area (Å²) in [7, 11) is -1.74. The number of aromatic nitrogens is 1. The topological polar surface area (TPSA) is 63.5 Å². The summed E-state index contributed by atoms with van der Waals surface area (Å²) in [5.41, 5.74) is 1.82. The van der Waals surface area contributed by atoms with Crippen molar-refractivity contribution in [2.75, 3.05) is 0 Å². The van der Waals surface area contributed by atoms with E-state index in [0.717, 1.165) is 11.3 Å². The molecule has 2 rings (SSSR count). The first-order valence-corrected chi connectivity index (χ1v) is 7.20. The van der Waals surface area contributed by atoms with Gasteiger partial charge in [0, 0.05) is 13.2 Å². The molecule has 100 valence electrons. The zero-order valence-corrected chi connectivity index (χ0v) is 11.6. The third kappa shape index (κ3) is 3.23. The fraction of sp³-hybridized carbons (Fsp3) is 0.154. The van der Waals surface area contributed by atoms with Gasteiger partial charge in [0.25, 0.3) is 10.0 Å². The van der Waals surface area contributed by atoms with Crippen LogP contribution in [0.4, 0.5) is 0 Å². The van der Waals surface area contributed by atoms with E-state index in [9.17, 15) is 8.42 Å². The summed E-state index contributed by atoms with van der Waals surface area (Å²) in [6, 6.07) is 10.3. The van der Waals surface area contributed by atoms with Crippen LogP contribution in [-0.2, 0) is 17.1 Å². The second kappa shape index (κ2) is 5.27. The number of hydrogen-bond donors (Lipinski definition) is 1. The summed E-state index contributed by atoms with van der Waals surface area (Å²) in [6.45, 7) is 1.90. The molecule has 0 unspecified atom stereocenters. The monoisotopic (exact) mass is 277 g/mol. The van der Waals surface area contributed by atoms with Gasteiger partial charge in [-0.05, 0) is 31.2 Å². The largest absolute Gasteiger partial charge is 0.350 e. The molecule has 19 heavy (non-hydrogen) atoms. The molecule has 0 saturated heterocycles. The summed E-state index contributed by atoms with van der Waals surface area (Å²) in [5, 5.41) is 3.76. The van der Waals surface area contributed by atoms with Crippen LogP contribution in [0.2, 0.25) is 0 Å². The summed E-state index contributed by atoms with van der Waals surface area (Å²) in [6.07, 6.45) is 3.32. The number of hydrogen-bond acceptors (Lipinski definition) is 3. The van der Waals surface area contributed by atoms with Gasteiger partial charge in [-0.25, -0.2) is 4.83 Å². The van der Waals surface area contributed by atoms with Crippen LogP contribution in [0.1, 0.15) is 11.3 Å². The van der Waals surface area contributed by atoms with Crippen LogP contribution in [0, 0.1) is 6.92 Å². The van der Waals surface area contributed by atoms with Gasteiger partial charge in [-0.3, -0.25) is 0 Å². The predicted molar refractivity (Wildman–Crippen MR) is 74.5 cm³/mol. The highest BCUT2D eigenvalue weighted by atomic mass is 32.2. The molecular weight excluding hydrogens is 262 g/mol. The lowest BCUT2D eigenvalue weighted by molar-refractivity contribution is 0.584. The van der Waals surface area contributed by atoms with Gasteiger partial charge in [-0.15, -0.1) is 0 Å². The van der Waals surface area contributed by atoms with E-state index in [0.29, 0.717) is 0 Å². The third-order valence-corrected chi connectivity index (χ3v) is 3.92. The Hall–Kier alpha value is -2.08. The van der Waals surface area contributed by atoms with Crippen molar-refractivity contribution in [1.82, 2.24) is 9.40 Å². The summed E-state index contributed by atoms with van der Waals surface area (Å²) in [4.78, 5) is 2.39. The molecule has 0 amide bonds. The maximum absolute atomic E-state index is 11.9. The maximum Gasteiger partial charge on any atom is 0.276 e. The van der Waals surface area contributed by atoms with Gasteiger partial charge in [0.15, 0.2) is 0 Å². The minimum atomic E-state index is -3.60. The first kappa shape index (κ1) is 13.4. The normalized spacial score (nSPS) is 11.9. The quantitative estimate of drug-likeness (QED) is 0.682. The average Bonchev–Trinajstić information content (AvgIpc) is 2.75. The van der Waals surface area contributed by atoms with E-state index in [1.165, 1.54) is 6.21 Å². The van der Waals surface area contributed by atoms with E-state index >= 15 is 0 Å². The smallest absolute Gasteiger partial charge is 0.276 e. The van der Waals surface area contributed by atoms with Crippen LogP contribution in [0.3, 0.4) is 0 Å². The molecule has 5 nitrogen and oxygen atoms in total. The lowest BCUT2D eigenvalue weighted by Crippen LogP contribution is -2.18. The van der Waals surface area contributed by atoms with Crippen LogP contribution in [0.25, 0.3) is 0 Å². The number of aryl methyl sites for hydroxylation is 2. The molecule has 1 aromatic carbocycles. The number of hydrazone groups is 1. The minimum Gasteiger partial charge on any atom is -0.350 e. The Labute approximate surface area is 112 Å². The first-order chi connectivity index (χ1) is 8.99. The van der Waals surface area contributed by atoms with Gasteiger partial charge < -0.3 is 4.57 Å². The summed E-state index contributed by atoms with van der Waals surface area (Å²) in [5.74, 6) is 0. The molecule has 0 bridgehead atoms. The van der Waals surface area contributed by atoms with Crippen LogP contribution >= 0.6 is 0 Å². The molecule has 1 heterocycles.